The molecule has 22 heavy (non-hydrogen) atoms. The van der Waals surface area contributed by atoms with Crippen LogP contribution in [-0.2, 0) is 14.8 Å². The summed E-state index contributed by atoms with van der Waals surface area (Å²) in [6.45, 7) is 4.33. The van der Waals surface area contributed by atoms with Gasteiger partial charge in [-0.2, -0.15) is 4.31 Å². The van der Waals surface area contributed by atoms with Gasteiger partial charge in [0.25, 0.3) is 0 Å². The van der Waals surface area contributed by atoms with Crippen molar-refractivity contribution in [3.8, 4) is 0 Å². The van der Waals surface area contributed by atoms with E-state index < -0.39 is 10.0 Å². The summed E-state index contributed by atoms with van der Waals surface area (Å²) in [4.78, 5) is 2.61. The lowest BCUT2D eigenvalue weighted by Gasteiger charge is -2.35. The van der Waals surface area contributed by atoms with Crippen LogP contribution >= 0.6 is 11.6 Å². The molecular weight excluding hydrogens is 324 g/mol. The van der Waals surface area contributed by atoms with Crippen molar-refractivity contribution < 1.29 is 13.2 Å². The highest BCUT2D eigenvalue weighted by molar-refractivity contribution is 7.89. The van der Waals surface area contributed by atoms with Gasteiger partial charge in [0.1, 0.15) is 0 Å². The Balaban J connectivity index is 1.59. The Bertz CT molecular complexity index is 592. The van der Waals surface area contributed by atoms with Gasteiger partial charge in [0.15, 0.2) is 0 Å². The zero-order valence-corrected chi connectivity index (χ0v) is 14.0. The van der Waals surface area contributed by atoms with E-state index in [4.69, 9.17) is 16.3 Å². The normalized spacial score (nSPS) is 24.7. The first-order valence-corrected chi connectivity index (χ1v) is 9.47. The highest BCUT2D eigenvalue weighted by Crippen LogP contribution is 2.20. The van der Waals surface area contributed by atoms with Gasteiger partial charge >= 0.3 is 0 Å². The lowest BCUT2D eigenvalue weighted by atomic mass is 10.2. The molecule has 1 atom stereocenters. The summed E-state index contributed by atoms with van der Waals surface area (Å²) in [7, 11) is -3.41. The van der Waals surface area contributed by atoms with Crippen molar-refractivity contribution in [3.63, 3.8) is 0 Å². The number of ether oxygens (including phenoxy) is 1. The second-order valence-electron chi connectivity index (χ2n) is 5.79. The van der Waals surface area contributed by atoms with Crippen molar-refractivity contribution in [1.82, 2.24) is 9.21 Å². The van der Waals surface area contributed by atoms with E-state index in [9.17, 15) is 8.42 Å². The summed E-state index contributed by atoms with van der Waals surface area (Å²) in [5, 5.41) is 0.542. The molecule has 5 nitrogen and oxygen atoms in total. The topological polar surface area (TPSA) is 49.9 Å². The summed E-state index contributed by atoms with van der Waals surface area (Å²) < 4.78 is 32.4. The summed E-state index contributed by atoms with van der Waals surface area (Å²) in [6, 6.07) is 6.36. The van der Waals surface area contributed by atoms with Crippen LogP contribution in [0.15, 0.2) is 29.2 Å². The molecule has 0 aromatic heterocycles. The monoisotopic (exact) mass is 344 g/mol. The Kier molecular flexibility index (Phi) is 5.04. The van der Waals surface area contributed by atoms with Gasteiger partial charge in [-0.3, -0.25) is 4.90 Å². The number of halogens is 1. The molecule has 0 unspecified atom stereocenters. The molecule has 2 saturated heterocycles. The minimum atomic E-state index is -3.41. The van der Waals surface area contributed by atoms with E-state index in [1.54, 1.807) is 28.6 Å². The van der Waals surface area contributed by atoms with E-state index in [1.807, 2.05) is 0 Å². The average Bonchev–Trinajstić information content (AvgIpc) is 3.01. The van der Waals surface area contributed by atoms with Crippen LogP contribution in [0.4, 0.5) is 0 Å². The molecule has 1 aromatic carbocycles. The van der Waals surface area contributed by atoms with Crippen LogP contribution in [0.25, 0.3) is 0 Å². The second-order valence-corrected chi connectivity index (χ2v) is 8.17. The van der Waals surface area contributed by atoms with Crippen molar-refractivity contribution in [3.05, 3.63) is 29.3 Å². The lowest BCUT2D eigenvalue weighted by Crippen LogP contribution is -2.50. The maximum absolute atomic E-state index is 12.6. The second kappa shape index (κ2) is 6.84. The molecule has 2 heterocycles. The Hall–Kier alpha value is -0.660. The molecule has 0 aliphatic carbocycles. The Morgan fingerprint density at radius 2 is 1.82 bits per heavy atom. The molecule has 0 amide bonds. The van der Waals surface area contributed by atoms with E-state index in [2.05, 4.69) is 4.90 Å². The first-order valence-electron chi connectivity index (χ1n) is 7.65. The molecule has 0 saturated carbocycles. The van der Waals surface area contributed by atoms with Gasteiger partial charge < -0.3 is 4.74 Å². The van der Waals surface area contributed by atoms with Gasteiger partial charge in [-0.15, -0.1) is 0 Å². The van der Waals surface area contributed by atoms with Crippen LogP contribution in [0, 0.1) is 0 Å². The average molecular weight is 345 g/mol. The minimum absolute atomic E-state index is 0.310. The first-order chi connectivity index (χ1) is 10.6. The number of sulfonamides is 1. The number of piperazine rings is 1. The summed E-state index contributed by atoms with van der Waals surface area (Å²) in [5.41, 5.74) is 0. The number of hydrogen-bond acceptors (Lipinski definition) is 4. The van der Waals surface area contributed by atoms with Crippen LogP contribution in [0.1, 0.15) is 12.8 Å². The van der Waals surface area contributed by atoms with Gasteiger partial charge in [0.2, 0.25) is 10.0 Å². The predicted octanol–water partition coefficient (Wildman–Crippen LogP) is 1.83. The van der Waals surface area contributed by atoms with E-state index in [-0.39, 0.29) is 0 Å². The van der Waals surface area contributed by atoms with Crippen LogP contribution in [0.2, 0.25) is 5.02 Å². The lowest BCUT2D eigenvalue weighted by molar-refractivity contribution is 0.0617. The molecule has 2 aliphatic rings. The molecule has 0 radical (unpaired) electrons. The number of benzene rings is 1. The van der Waals surface area contributed by atoms with Crippen LogP contribution in [0.3, 0.4) is 0 Å². The molecule has 7 heteroatoms. The third-order valence-electron chi connectivity index (χ3n) is 4.27. The number of hydrogen-bond donors (Lipinski definition) is 0. The highest BCUT2D eigenvalue weighted by atomic mass is 35.5. The Morgan fingerprint density at radius 1 is 1.14 bits per heavy atom. The standard InChI is InChI=1S/C15H21ClN2O3S/c16-13-3-5-15(6-4-13)22(19,20)18-9-7-17(8-10-18)12-14-2-1-11-21-14/h3-6,14H,1-2,7-12H2/t14-/m1/s1. The third-order valence-corrected chi connectivity index (χ3v) is 6.43. The molecule has 1 aromatic rings. The van der Waals surface area contributed by atoms with Crippen LogP contribution in [-0.4, -0.2) is 63.1 Å². The molecule has 2 aliphatic heterocycles. The molecule has 2 fully saturated rings. The zero-order chi connectivity index (χ0) is 15.6. The molecule has 0 bridgehead atoms. The Labute approximate surface area is 136 Å². The van der Waals surface area contributed by atoms with Crippen molar-refractivity contribution in [2.24, 2.45) is 0 Å². The van der Waals surface area contributed by atoms with Crippen molar-refractivity contribution in [1.29, 1.82) is 0 Å². The zero-order valence-electron chi connectivity index (χ0n) is 12.4. The quantitative estimate of drug-likeness (QED) is 0.836. The fourth-order valence-electron chi connectivity index (χ4n) is 2.98. The maximum Gasteiger partial charge on any atom is 0.243 e. The maximum atomic E-state index is 12.6. The van der Waals surface area contributed by atoms with Crippen molar-refractivity contribution in [2.45, 2.75) is 23.8 Å². The minimum Gasteiger partial charge on any atom is -0.377 e. The van der Waals surface area contributed by atoms with E-state index in [1.165, 1.54) is 0 Å². The predicted molar refractivity (Wildman–Crippen MR) is 85.6 cm³/mol. The first kappa shape index (κ1) is 16.2. The van der Waals surface area contributed by atoms with Crippen LogP contribution in [0.5, 0.6) is 0 Å². The molecular formula is C15H21ClN2O3S. The summed E-state index contributed by atoms with van der Waals surface area (Å²) in [6.07, 6.45) is 2.57. The van der Waals surface area contributed by atoms with Gasteiger partial charge in [0.05, 0.1) is 11.0 Å². The highest BCUT2D eigenvalue weighted by Gasteiger charge is 2.29. The van der Waals surface area contributed by atoms with E-state index >= 15 is 0 Å². The third kappa shape index (κ3) is 3.63. The van der Waals surface area contributed by atoms with E-state index in [0.717, 1.165) is 39.1 Å². The van der Waals surface area contributed by atoms with Crippen molar-refractivity contribution >= 4 is 21.6 Å². The van der Waals surface area contributed by atoms with Gasteiger partial charge in [0, 0.05) is 44.4 Å². The van der Waals surface area contributed by atoms with Gasteiger partial charge in [-0.05, 0) is 37.1 Å². The summed E-state index contributed by atoms with van der Waals surface area (Å²) in [5.74, 6) is 0. The molecule has 122 valence electrons. The van der Waals surface area contributed by atoms with Gasteiger partial charge in [-0.1, -0.05) is 11.6 Å². The number of nitrogens with zero attached hydrogens (tertiary/aromatic N) is 2. The van der Waals surface area contributed by atoms with Gasteiger partial charge in [-0.25, -0.2) is 8.42 Å². The SMILES string of the molecule is O=S(=O)(c1ccc(Cl)cc1)N1CCN(C[C@H]2CCCO2)CC1. The molecule has 0 spiro atoms. The molecule has 0 N–H and O–H groups in total. The fourth-order valence-corrected chi connectivity index (χ4v) is 4.53. The molecule has 3 rings (SSSR count). The van der Waals surface area contributed by atoms with Crippen LogP contribution < -0.4 is 0 Å². The van der Waals surface area contributed by atoms with E-state index in [0.29, 0.717) is 29.1 Å². The van der Waals surface area contributed by atoms with Crippen molar-refractivity contribution in [2.75, 3.05) is 39.3 Å². The smallest absolute Gasteiger partial charge is 0.243 e. The fraction of sp³-hybridized carbons (Fsp3) is 0.600. The number of rotatable bonds is 4. The summed E-state index contributed by atoms with van der Waals surface area (Å²) >= 11 is 5.82. The Morgan fingerprint density at radius 3 is 2.41 bits per heavy atom. The largest absolute Gasteiger partial charge is 0.377 e.